The molecule has 0 radical (unpaired) electrons. The Morgan fingerprint density at radius 1 is 1.38 bits per heavy atom. The lowest BCUT2D eigenvalue weighted by molar-refractivity contribution is 0.252. The Balaban J connectivity index is 2.19. The van der Waals surface area contributed by atoms with Crippen molar-refractivity contribution in [1.82, 2.24) is 5.32 Å². The molecule has 1 saturated heterocycles. The third-order valence-electron chi connectivity index (χ3n) is 4.18. The van der Waals surface area contributed by atoms with Gasteiger partial charge < -0.3 is 10.2 Å². The summed E-state index contributed by atoms with van der Waals surface area (Å²) >= 11 is 0.645. The number of halogens is 2. The highest BCUT2D eigenvalue weighted by molar-refractivity contribution is 7.99. The summed E-state index contributed by atoms with van der Waals surface area (Å²) in [7, 11) is 0. The molecule has 2 unspecified atom stereocenters. The molecule has 5 heteroatoms. The van der Waals surface area contributed by atoms with Gasteiger partial charge in [-0.15, -0.1) is 0 Å². The number of nitrogens with one attached hydrogen (secondary N) is 1. The van der Waals surface area contributed by atoms with Crippen LogP contribution in [0.25, 0.3) is 0 Å². The van der Waals surface area contributed by atoms with Gasteiger partial charge in [0.1, 0.15) is 0 Å². The smallest absolute Gasteiger partial charge is 0.288 e. The number of benzene rings is 1. The topological polar surface area (TPSA) is 15.3 Å². The van der Waals surface area contributed by atoms with E-state index in [0.29, 0.717) is 28.6 Å². The Labute approximate surface area is 130 Å². The molecule has 0 aliphatic carbocycles. The quantitative estimate of drug-likeness (QED) is 0.819. The van der Waals surface area contributed by atoms with E-state index in [9.17, 15) is 8.78 Å². The highest BCUT2D eigenvalue weighted by atomic mass is 32.2. The van der Waals surface area contributed by atoms with Gasteiger partial charge in [0.05, 0.1) is 5.69 Å². The van der Waals surface area contributed by atoms with Gasteiger partial charge in [-0.1, -0.05) is 44.2 Å². The molecule has 1 fully saturated rings. The number of alkyl halides is 2. The Morgan fingerprint density at radius 3 is 2.86 bits per heavy atom. The Bertz CT molecular complexity index is 442. The maximum absolute atomic E-state index is 12.7. The van der Waals surface area contributed by atoms with Crippen LogP contribution in [-0.2, 0) is 0 Å². The average Bonchev–Trinajstić information content (AvgIpc) is 2.72. The molecule has 0 saturated carbocycles. The van der Waals surface area contributed by atoms with Gasteiger partial charge >= 0.3 is 0 Å². The monoisotopic (exact) mass is 314 g/mol. The fraction of sp³-hybridized carbons (Fsp3) is 0.625. The minimum absolute atomic E-state index is 0.419. The van der Waals surface area contributed by atoms with E-state index in [1.807, 2.05) is 18.2 Å². The largest absolute Gasteiger partial charge is 0.369 e. The first-order chi connectivity index (χ1) is 10.1. The van der Waals surface area contributed by atoms with Gasteiger partial charge in [0.15, 0.2) is 0 Å². The minimum atomic E-state index is -2.37. The molecule has 21 heavy (non-hydrogen) atoms. The highest BCUT2D eigenvalue weighted by Crippen LogP contribution is 2.34. The van der Waals surface area contributed by atoms with E-state index in [4.69, 9.17) is 0 Å². The molecule has 0 spiro atoms. The SMILES string of the molecule is CCC(C)C1CN(c2ccccc2SC(F)F)CCCN1. The zero-order valence-electron chi connectivity index (χ0n) is 12.7. The van der Waals surface area contributed by atoms with Gasteiger partial charge in [0.2, 0.25) is 0 Å². The summed E-state index contributed by atoms with van der Waals surface area (Å²) in [6.45, 7) is 7.25. The van der Waals surface area contributed by atoms with Gasteiger partial charge in [-0.2, -0.15) is 8.78 Å². The van der Waals surface area contributed by atoms with E-state index in [1.54, 1.807) is 6.07 Å². The number of nitrogens with zero attached hydrogens (tertiary/aromatic N) is 1. The van der Waals surface area contributed by atoms with E-state index < -0.39 is 5.76 Å². The van der Waals surface area contributed by atoms with Crippen LogP contribution in [0.4, 0.5) is 14.5 Å². The summed E-state index contributed by atoms with van der Waals surface area (Å²) in [6.07, 6.45) is 2.17. The first kappa shape index (κ1) is 16.6. The van der Waals surface area contributed by atoms with Gasteiger partial charge in [-0.3, -0.25) is 0 Å². The lowest BCUT2D eigenvalue weighted by Gasteiger charge is -2.30. The van der Waals surface area contributed by atoms with Gasteiger partial charge in [-0.25, -0.2) is 0 Å². The van der Waals surface area contributed by atoms with Crippen molar-refractivity contribution in [3.05, 3.63) is 24.3 Å². The highest BCUT2D eigenvalue weighted by Gasteiger charge is 2.23. The summed E-state index contributed by atoms with van der Waals surface area (Å²) in [4.78, 5) is 2.94. The third-order valence-corrected chi connectivity index (χ3v) is 4.96. The van der Waals surface area contributed by atoms with Crippen LogP contribution in [0, 0.1) is 5.92 Å². The molecule has 118 valence electrons. The van der Waals surface area contributed by atoms with E-state index in [-0.39, 0.29) is 0 Å². The molecule has 2 rings (SSSR count). The van der Waals surface area contributed by atoms with Crippen LogP contribution in [-0.4, -0.2) is 31.4 Å². The van der Waals surface area contributed by atoms with Crippen molar-refractivity contribution in [2.45, 2.75) is 43.4 Å². The van der Waals surface area contributed by atoms with Crippen molar-refractivity contribution in [3.63, 3.8) is 0 Å². The van der Waals surface area contributed by atoms with Crippen molar-refractivity contribution in [2.75, 3.05) is 24.5 Å². The molecule has 1 N–H and O–H groups in total. The average molecular weight is 314 g/mol. The first-order valence-corrected chi connectivity index (χ1v) is 8.52. The minimum Gasteiger partial charge on any atom is -0.369 e. The van der Waals surface area contributed by atoms with Crippen LogP contribution in [0.3, 0.4) is 0 Å². The van der Waals surface area contributed by atoms with Crippen LogP contribution in [0.5, 0.6) is 0 Å². The summed E-state index contributed by atoms with van der Waals surface area (Å²) in [5.74, 6) is -1.79. The molecule has 1 aromatic rings. The summed E-state index contributed by atoms with van der Waals surface area (Å²) < 4.78 is 25.5. The molecular weight excluding hydrogens is 290 g/mol. The van der Waals surface area contributed by atoms with Crippen LogP contribution in [0.1, 0.15) is 26.7 Å². The second kappa shape index (κ2) is 7.99. The molecule has 2 atom stereocenters. The van der Waals surface area contributed by atoms with Crippen LogP contribution < -0.4 is 10.2 Å². The maximum atomic E-state index is 12.7. The van der Waals surface area contributed by atoms with E-state index >= 15 is 0 Å². The first-order valence-electron chi connectivity index (χ1n) is 7.64. The molecule has 1 aliphatic heterocycles. The normalized spacial score (nSPS) is 21.4. The number of rotatable bonds is 5. The number of para-hydroxylation sites is 1. The van der Waals surface area contributed by atoms with Crippen LogP contribution >= 0.6 is 11.8 Å². The molecule has 1 aromatic carbocycles. The Kier molecular flexibility index (Phi) is 6.30. The number of anilines is 1. The third kappa shape index (κ3) is 4.58. The van der Waals surface area contributed by atoms with Crippen LogP contribution in [0.15, 0.2) is 29.2 Å². The van der Waals surface area contributed by atoms with Crippen molar-refractivity contribution in [3.8, 4) is 0 Å². The Hall–Kier alpha value is -0.810. The Morgan fingerprint density at radius 2 is 2.14 bits per heavy atom. The van der Waals surface area contributed by atoms with Crippen molar-refractivity contribution in [2.24, 2.45) is 5.92 Å². The summed E-state index contributed by atoms with van der Waals surface area (Å²) in [5, 5.41) is 3.60. The van der Waals surface area contributed by atoms with Gasteiger partial charge in [0.25, 0.3) is 5.76 Å². The number of hydrogen-bond donors (Lipinski definition) is 1. The molecule has 1 aliphatic rings. The van der Waals surface area contributed by atoms with Crippen molar-refractivity contribution < 1.29 is 8.78 Å². The van der Waals surface area contributed by atoms with E-state index in [1.165, 1.54) is 0 Å². The zero-order valence-corrected chi connectivity index (χ0v) is 13.5. The summed E-state index contributed by atoms with van der Waals surface area (Å²) in [5.41, 5.74) is 0.944. The number of thioether (sulfide) groups is 1. The molecule has 0 aromatic heterocycles. The molecular formula is C16H24F2N2S. The van der Waals surface area contributed by atoms with Crippen molar-refractivity contribution >= 4 is 17.4 Å². The van der Waals surface area contributed by atoms with E-state index in [2.05, 4.69) is 24.1 Å². The second-order valence-corrected chi connectivity index (χ2v) is 6.62. The fourth-order valence-corrected chi connectivity index (χ4v) is 3.42. The second-order valence-electron chi connectivity index (χ2n) is 5.59. The van der Waals surface area contributed by atoms with Gasteiger partial charge in [-0.05, 0) is 31.0 Å². The predicted octanol–water partition coefficient (Wildman–Crippen LogP) is 4.22. The lowest BCUT2D eigenvalue weighted by Crippen LogP contribution is -2.42. The summed E-state index contributed by atoms with van der Waals surface area (Å²) in [6, 6.07) is 7.94. The van der Waals surface area contributed by atoms with Crippen LogP contribution in [0.2, 0.25) is 0 Å². The lowest BCUT2D eigenvalue weighted by atomic mass is 9.99. The molecule has 1 heterocycles. The van der Waals surface area contributed by atoms with E-state index in [0.717, 1.165) is 38.2 Å². The maximum Gasteiger partial charge on any atom is 0.288 e. The number of hydrogen-bond acceptors (Lipinski definition) is 3. The molecule has 0 amide bonds. The molecule has 2 nitrogen and oxygen atoms in total. The fourth-order valence-electron chi connectivity index (χ4n) is 2.75. The predicted molar refractivity (Wildman–Crippen MR) is 86.4 cm³/mol. The molecule has 0 bridgehead atoms. The van der Waals surface area contributed by atoms with Crippen molar-refractivity contribution in [1.29, 1.82) is 0 Å². The standard InChI is InChI=1S/C16H24F2N2S/c1-3-12(2)13-11-20(10-6-9-19-13)14-7-4-5-8-15(14)21-16(17)18/h4-5,7-8,12-13,16,19H,3,6,9-11H2,1-2H3. The zero-order chi connectivity index (χ0) is 15.2. The van der Waals surface area contributed by atoms with Gasteiger partial charge in [0, 0.05) is 24.0 Å².